The first-order chi connectivity index (χ1) is 9.82. The molecule has 1 saturated heterocycles. The first-order valence-electron chi connectivity index (χ1n) is 7.71. The second kappa shape index (κ2) is 6.14. The van der Waals surface area contributed by atoms with Crippen LogP contribution in [0.3, 0.4) is 0 Å². The van der Waals surface area contributed by atoms with Crippen LogP contribution in [0.15, 0.2) is 18.3 Å². The van der Waals surface area contributed by atoms with Gasteiger partial charge >= 0.3 is 0 Å². The molecule has 1 fully saturated rings. The fourth-order valence-electron chi connectivity index (χ4n) is 2.85. The zero-order chi connectivity index (χ0) is 15.6. The van der Waals surface area contributed by atoms with Gasteiger partial charge in [-0.1, -0.05) is 26.8 Å². The predicted octanol–water partition coefficient (Wildman–Crippen LogP) is 2.61. The van der Waals surface area contributed by atoms with Crippen molar-refractivity contribution in [3.05, 3.63) is 29.6 Å². The summed E-state index contributed by atoms with van der Waals surface area (Å²) in [6, 6.07) is 3.98. The summed E-state index contributed by atoms with van der Waals surface area (Å²) in [5.74, 6) is 0.319. The molecule has 0 saturated carbocycles. The van der Waals surface area contributed by atoms with Crippen LogP contribution in [0.25, 0.3) is 0 Å². The van der Waals surface area contributed by atoms with Crippen LogP contribution in [-0.4, -0.2) is 40.1 Å². The first-order valence-corrected chi connectivity index (χ1v) is 7.71. The summed E-state index contributed by atoms with van der Waals surface area (Å²) < 4.78 is 0. The quantitative estimate of drug-likeness (QED) is 0.911. The molecule has 0 aliphatic carbocycles. The SMILES string of the molecule is C[C@H]1C[C@@H](CO)CCN1C(=O)c1ccc(C(C)(C)C)cn1. The first kappa shape index (κ1) is 16.0. The second-order valence-electron chi connectivity index (χ2n) is 7.10. The average Bonchev–Trinajstić information content (AvgIpc) is 2.45. The maximum Gasteiger partial charge on any atom is 0.272 e. The molecule has 1 aromatic rings. The van der Waals surface area contributed by atoms with Crippen LogP contribution >= 0.6 is 0 Å². The highest BCUT2D eigenvalue weighted by Gasteiger charge is 2.29. The third kappa shape index (κ3) is 3.62. The number of hydrogen-bond acceptors (Lipinski definition) is 3. The molecule has 2 heterocycles. The summed E-state index contributed by atoms with van der Waals surface area (Å²) in [7, 11) is 0. The van der Waals surface area contributed by atoms with Gasteiger partial charge in [-0.3, -0.25) is 9.78 Å². The standard InChI is InChI=1S/C17H26N2O2/c1-12-9-13(11-20)7-8-19(12)16(21)15-6-5-14(10-18-15)17(2,3)4/h5-6,10,12-13,20H,7-9,11H2,1-4H3/t12-,13-/m0/s1. The zero-order valence-corrected chi connectivity index (χ0v) is 13.5. The monoisotopic (exact) mass is 290 g/mol. The van der Waals surface area contributed by atoms with E-state index in [2.05, 4.69) is 25.8 Å². The van der Waals surface area contributed by atoms with Crippen molar-refractivity contribution in [1.29, 1.82) is 0 Å². The van der Waals surface area contributed by atoms with Crippen molar-refractivity contribution >= 4 is 5.91 Å². The number of pyridine rings is 1. The van der Waals surface area contributed by atoms with Gasteiger partial charge in [0.25, 0.3) is 5.91 Å². The Balaban J connectivity index is 2.10. The lowest BCUT2D eigenvalue weighted by Gasteiger charge is -2.37. The Morgan fingerprint density at radius 1 is 1.43 bits per heavy atom. The second-order valence-corrected chi connectivity index (χ2v) is 7.10. The van der Waals surface area contributed by atoms with Gasteiger partial charge in [0.2, 0.25) is 0 Å². The molecule has 0 spiro atoms. The zero-order valence-electron chi connectivity index (χ0n) is 13.5. The maximum absolute atomic E-state index is 12.6. The Labute approximate surface area is 127 Å². The summed E-state index contributed by atoms with van der Waals surface area (Å²) in [4.78, 5) is 18.8. The minimum Gasteiger partial charge on any atom is -0.396 e. The molecule has 1 aliphatic heterocycles. The summed E-state index contributed by atoms with van der Waals surface area (Å²) in [5.41, 5.74) is 1.69. The van der Waals surface area contributed by atoms with E-state index in [0.29, 0.717) is 18.2 Å². The largest absolute Gasteiger partial charge is 0.396 e. The van der Waals surface area contributed by atoms with Crippen molar-refractivity contribution < 1.29 is 9.90 Å². The Hall–Kier alpha value is -1.42. The Morgan fingerprint density at radius 3 is 2.62 bits per heavy atom. The predicted molar refractivity (Wildman–Crippen MR) is 83.2 cm³/mol. The fourth-order valence-corrected chi connectivity index (χ4v) is 2.85. The molecule has 116 valence electrons. The van der Waals surface area contributed by atoms with E-state index in [-0.39, 0.29) is 24.0 Å². The topological polar surface area (TPSA) is 53.4 Å². The number of aromatic nitrogens is 1. The molecule has 21 heavy (non-hydrogen) atoms. The lowest BCUT2D eigenvalue weighted by molar-refractivity contribution is 0.0509. The number of carbonyl (C=O) groups excluding carboxylic acids is 1. The van der Waals surface area contributed by atoms with Crippen molar-refractivity contribution in [2.45, 2.75) is 52.0 Å². The summed E-state index contributed by atoms with van der Waals surface area (Å²) in [5, 5.41) is 9.24. The van der Waals surface area contributed by atoms with Crippen LogP contribution in [0.4, 0.5) is 0 Å². The van der Waals surface area contributed by atoms with E-state index in [4.69, 9.17) is 0 Å². The maximum atomic E-state index is 12.6. The Kier molecular flexibility index (Phi) is 4.67. The van der Waals surface area contributed by atoms with Crippen molar-refractivity contribution in [1.82, 2.24) is 9.88 Å². The number of piperidine rings is 1. The van der Waals surface area contributed by atoms with Gasteiger partial charge in [0.05, 0.1) is 0 Å². The fraction of sp³-hybridized carbons (Fsp3) is 0.647. The third-order valence-electron chi connectivity index (χ3n) is 4.35. The van der Waals surface area contributed by atoms with E-state index in [1.807, 2.05) is 24.0 Å². The average molecular weight is 290 g/mol. The number of nitrogens with zero attached hydrogens (tertiary/aromatic N) is 2. The van der Waals surface area contributed by atoms with Crippen LogP contribution in [0.1, 0.15) is 56.6 Å². The van der Waals surface area contributed by atoms with Crippen molar-refractivity contribution in [2.75, 3.05) is 13.2 Å². The highest BCUT2D eigenvalue weighted by Crippen LogP contribution is 2.25. The van der Waals surface area contributed by atoms with E-state index in [1.54, 1.807) is 6.20 Å². The van der Waals surface area contributed by atoms with E-state index < -0.39 is 0 Å². The van der Waals surface area contributed by atoms with Crippen LogP contribution in [0.5, 0.6) is 0 Å². The molecular formula is C17H26N2O2. The van der Waals surface area contributed by atoms with Crippen molar-refractivity contribution in [3.63, 3.8) is 0 Å². The number of carbonyl (C=O) groups is 1. The van der Waals surface area contributed by atoms with E-state index in [9.17, 15) is 9.90 Å². The normalized spacial score (nSPS) is 23.2. The number of aliphatic hydroxyl groups is 1. The lowest BCUT2D eigenvalue weighted by atomic mass is 9.88. The highest BCUT2D eigenvalue weighted by atomic mass is 16.3. The smallest absolute Gasteiger partial charge is 0.272 e. The van der Waals surface area contributed by atoms with Crippen molar-refractivity contribution in [3.8, 4) is 0 Å². The van der Waals surface area contributed by atoms with Gasteiger partial charge in [-0.2, -0.15) is 0 Å². The Bertz CT molecular complexity index is 491. The highest BCUT2D eigenvalue weighted by molar-refractivity contribution is 5.92. The molecule has 0 radical (unpaired) electrons. The van der Waals surface area contributed by atoms with E-state index in [1.165, 1.54) is 0 Å². The van der Waals surface area contributed by atoms with Crippen LogP contribution in [0, 0.1) is 5.92 Å². The van der Waals surface area contributed by atoms with Crippen LogP contribution in [0.2, 0.25) is 0 Å². The molecular weight excluding hydrogens is 264 g/mol. The number of amides is 1. The molecule has 1 amide bonds. The summed E-state index contributed by atoms with van der Waals surface area (Å²) >= 11 is 0. The number of likely N-dealkylation sites (tertiary alicyclic amines) is 1. The minimum absolute atomic E-state index is 0.000603. The molecule has 4 heteroatoms. The molecule has 1 aromatic heterocycles. The molecule has 0 unspecified atom stereocenters. The van der Waals surface area contributed by atoms with Gasteiger partial charge in [-0.15, -0.1) is 0 Å². The minimum atomic E-state index is -0.000603. The van der Waals surface area contributed by atoms with Crippen LogP contribution < -0.4 is 0 Å². The molecule has 0 aromatic carbocycles. The molecule has 1 N–H and O–H groups in total. The molecule has 1 aliphatic rings. The summed E-state index contributed by atoms with van der Waals surface area (Å²) in [6.07, 6.45) is 3.54. The van der Waals surface area contributed by atoms with Crippen LogP contribution in [-0.2, 0) is 5.41 Å². The molecule has 2 rings (SSSR count). The van der Waals surface area contributed by atoms with Gasteiger partial charge < -0.3 is 10.0 Å². The van der Waals surface area contributed by atoms with E-state index in [0.717, 1.165) is 18.4 Å². The molecule has 0 bridgehead atoms. The van der Waals surface area contributed by atoms with Gasteiger partial charge in [0, 0.05) is 25.4 Å². The molecule has 4 nitrogen and oxygen atoms in total. The lowest BCUT2D eigenvalue weighted by Crippen LogP contribution is -2.45. The molecule has 2 atom stereocenters. The van der Waals surface area contributed by atoms with Gasteiger partial charge in [-0.05, 0) is 42.7 Å². The third-order valence-corrected chi connectivity index (χ3v) is 4.35. The van der Waals surface area contributed by atoms with Gasteiger partial charge in [0.15, 0.2) is 0 Å². The number of aliphatic hydroxyl groups excluding tert-OH is 1. The number of rotatable bonds is 2. The summed E-state index contributed by atoms with van der Waals surface area (Å²) in [6.45, 7) is 9.36. The number of hydrogen-bond donors (Lipinski definition) is 1. The van der Waals surface area contributed by atoms with E-state index >= 15 is 0 Å². The Morgan fingerprint density at radius 2 is 2.14 bits per heavy atom. The van der Waals surface area contributed by atoms with Crippen molar-refractivity contribution in [2.24, 2.45) is 5.92 Å². The van der Waals surface area contributed by atoms with Gasteiger partial charge in [-0.25, -0.2) is 0 Å². The van der Waals surface area contributed by atoms with Gasteiger partial charge in [0.1, 0.15) is 5.69 Å².